The molecule has 0 N–H and O–H groups in total. The van der Waals surface area contributed by atoms with E-state index in [1.54, 1.807) is 29.2 Å². The first-order valence-corrected chi connectivity index (χ1v) is 11.4. The number of sulfonamides is 1. The van der Waals surface area contributed by atoms with Crippen molar-refractivity contribution in [2.75, 3.05) is 23.9 Å². The molecule has 0 radical (unpaired) electrons. The molecule has 0 aliphatic carbocycles. The van der Waals surface area contributed by atoms with Crippen LogP contribution in [0.1, 0.15) is 45.7 Å². The molecule has 2 aromatic rings. The highest BCUT2D eigenvalue weighted by Gasteiger charge is 2.29. The summed E-state index contributed by atoms with van der Waals surface area (Å²) in [5, 5.41) is 0. The van der Waals surface area contributed by atoms with E-state index in [1.807, 2.05) is 45.0 Å². The molecule has 5 nitrogen and oxygen atoms in total. The largest absolute Gasteiger partial charge is 0.342 e. The Morgan fingerprint density at radius 3 is 1.86 bits per heavy atom. The number of likely N-dealkylation sites (N-methyl/N-ethyl adjacent to an activating group) is 1. The lowest BCUT2D eigenvalue weighted by Gasteiger charge is -2.28. The second-order valence-corrected chi connectivity index (χ2v) is 10.0. The first kappa shape index (κ1) is 22.9. The van der Waals surface area contributed by atoms with Gasteiger partial charge in [0.15, 0.2) is 0 Å². The van der Waals surface area contributed by atoms with Gasteiger partial charge in [-0.05, 0) is 56.0 Å². The van der Waals surface area contributed by atoms with E-state index >= 15 is 0 Å². The minimum atomic E-state index is -3.89. The molecule has 0 aromatic heterocycles. The number of hydrogen-bond donors (Lipinski definition) is 0. The molecule has 158 valence electrons. The average Bonchev–Trinajstić information content (AvgIpc) is 2.67. The Labute approximate surface area is 175 Å². The van der Waals surface area contributed by atoms with Gasteiger partial charge in [-0.15, -0.1) is 0 Å². The van der Waals surface area contributed by atoms with Gasteiger partial charge in [0.05, 0.1) is 10.6 Å². The van der Waals surface area contributed by atoms with E-state index in [9.17, 15) is 13.2 Å². The predicted molar refractivity (Wildman–Crippen MR) is 119 cm³/mol. The normalized spacial score (nSPS) is 11.9. The average molecular weight is 417 g/mol. The summed E-state index contributed by atoms with van der Waals surface area (Å²) in [7, 11) is -3.89. The van der Waals surface area contributed by atoms with E-state index in [1.165, 1.54) is 4.31 Å². The number of carbonyl (C=O) groups is 1. The monoisotopic (exact) mass is 416 g/mol. The van der Waals surface area contributed by atoms with Crippen LogP contribution in [0.15, 0.2) is 53.4 Å². The van der Waals surface area contributed by atoms with Crippen LogP contribution in [0.3, 0.4) is 0 Å². The molecule has 0 aliphatic heterocycles. The first-order chi connectivity index (χ1) is 13.5. The van der Waals surface area contributed by atoms with Gasteiger partial charge in [0.1, 0.15) is 6.54 Å². The molecule has 0 saturated heterocycles. The van der Waals surface area contributed by atoms with Crippen LogP contribution in [0.2, 0.25) is 0 Å². The van der Waals surface area contributed by atoms with Crippen LogP contribution >= 0.6 is 0 Å². The van der Waals surface area contributed by atoms with Gasteiger partial charge in [-0.2, -0.15) is 0 Å². The maximum absolute atomic E-state index is 13.5. The number of amides is 1. The molecule has 0 spiro atoms. The van der Waals surface area contributed by atoms with Crippen LogP contribution in [0.4, 0.5) is 5.69 Å². The number of aryl methyl sites for hydroxylation is 1. The molecule has 0 atom stereocenters. The van der Waals surface area contributed by atoms with E-state index in [-0.39, 0.29) is 22.8 Å². The summed E-state index contributed by atoms with van der Waals surface area (Å²) in [6, 6.07) is 14.1. The zero-order chi connectivity index (χ0) is 21.8. The predicted octanol–water partition coefficient (Wildman–Crippen LogP) is 4.36. The minimum Gasteiger partial charge on any atom is -0.342 e. The van der Waals surface area contributed by atoms with Crippen LogP contribution in [0, 0.1) is 6.92 Å². The number of benzene rings is 2. The van der Waals surface area contributed by atoms with E-state index in [2.05, 4.69) is 20.8 Å². The quantitative estimate of drug-likeness (QED) is 0.674. The Balaban J connectivity index is 2.48. The van der Waals surface area contributed by atoms with Gasteiger partial charge in [-0.25, -0.2) is 8.42 Å². The molecule has 29 heavy (non-hydrogen) atoms. The van der Waals surface area contributed by atoms with Crippen molar-refractivity contribution < 1.29 is 13.2 Å². The molecule has 0 saturated carbocycles. The van der Waals surface area contributed by atoms with Crippen LogP contribution in [-0.2, 0) is 20.2 Å². The highest BCUT2D eigenvalue weighted by molar-refractivity contribution is 7.92. The van der Waals surface area contributed by atoms with Gasteiger partial charge in [0.25, 0.3) is 10.0 Å². The second kappa shape index (κ2) is 8.99. The molecule has 0 aliphatic rings. The molecule has 0 bridgehead atoms. The summed E-state index contributed by atoms with van der Waals surface area (Å²) in [5.74, 6) is -0.217. The minimum absolute atomic E-state index is 0.0718. The molecule has 2 aromatic carbocycles. The van der Waals surface area contributed by atoms with Crippen molar-refractivity contribution in [3.8, 4) is 0 Å². The fourth-order valence-electron chi connectivity index (χ4n) is 3.08. The molecule has 1 amide bonds. The number of nitrogens with zero attached hydrogens (tertiary/aromatic N) is 2. The molecular weight excluding hydrogens is 384 g/mol. The van der Waals surface area contributed by atoms with Gasteiger partial charge < -0.3 is 4.90 Å². The fraction of sp³-hybridized carbons (Fsp3) is 0.435. The van der Waals surface area contributed by atoms with Crippen molar-refractivity contribution in [3.63, 3.8) is 0 Å². The van der Waals surface area contributed by atoms with Gasteiger partial charge in [0, 0.05) is 13.1 Å². The van der Waals surface area contributed by atoms with Crippen molar-refractivity contribution in [2.24, 2.45) is 0 Å². The van der Waals surface area contributed by atoms with Gasteiger partial charge in [-0.3, -0.25) is 9.10 Å². The number of carbonyl (C=O) groups excluding carboxylic acids is 1. The number of anilines is 1. The molecule has 0 heterocycles. The maximum Gasteiger partial charge on any atom is 0.264 e. The van der Waals surface area contributed by atoms with Crippen LogP contribution in [0.5, 0.6) is 0 Å². The lowest BCUT2D eigenvalue weighted by molar-refractivity contribution is -0.129. The van der Waals surface area contributed by atoms with Crippen molar-refractivity contribution >= 4 is 21.6 Å². The summed E-state index contributed by atoms with van der Waals surface area (Å²) >= 11 is 0. The van der Waals surface area contributed by atoms with Crippen LogP contribution in [-0.4, -0.2) is 38.9 Å². The summed E-state index contributed by atoms with van der Waals surface area (Å²) in [6.07, 6.45) is 0. The molecular formula is C23H32N2O3S. The molecule has 0 fully saturated rings. The highest BCUT2D eigenvalue weighted by atomic mass is 32.2. The van der Waals surface area contributed by atoms with E-state index in [4.69, 9.17) is 0 Å². The second-order valence-electron chi connectivity index (χ2n) is 8.19. The SMILES string of the molecule is CCN(CC)C(=O)CN(c1ccc(C)cc1)S(=O)(=O)c1ccc(C(C)(C)C)cc1. The van der Waals surface area contributed by atoms with E-state index < -0.39 is 10.0 Å². The van der Waals surface area contributed by atoms with E-state index in [0.29, 0.717) is 18.8 Å². The lowest BCUT2D eigenvalue weighted by atomic mass is 9.87. The van der Waals surface area contributed by atoms with Crippen LogP contribution < -0.4 is 4.31 Å². The summed E-state index contributed by atoms with van der Waals surface area (Å²) in [4.78, 5) is 14.6. The van der Waals surface area contributed by atoms with Crippen molar-refractivity contribution in [2.45, 2.75) is 51.9 Å². The van der Waals surface area contributed by atoms with E-state index in [0.717, 1.165) is 11.1 Å². The summed E-state index contributed by atoms with van der Waals surface area (Å²) in [6.45, 7) is 12.8. The fourth-order valence-corrected chi connectivity index (χ4v) is 4.49. The zero-order valence-corrected chi connectivity index (χ0v) is 19.1. The topological polar surface area (TPSA) is 57.7 Å². The van der Waals surface area contributed by atoms with Gasteiger partial charge in [-0.1, -0.05) is 50.6 Å². The van der Waals surface area contributed by atoms with Gasteiger partial charge >= 0.3 is 0 Å². The van der Waals surface area contributed by atoms with Crippen molar-refractivity contribution in [1.82, 2.24) is 4.90 Å². The Morgan fingerprint density at radius 1 is 0.897 bits per heavy atom. The summed E-state index contributed by atoms with van der Waals surface area (Å²) < 4.78 is 28.1. The third kappa shape index (κ3) is 5.38. The first-order valence-electron chi connectivity index (χ1n) is 9.98. The van der Waals surface area contributed by atoms with Crippen molar-refractivity contribution in [1.29, 1.82) is 0 Å². The van der Waals surface area contributed by atoms with Crippen molar-refractivity contribution in [3.05, 3.63) is 59.7 Å². The maximum atomic E-state index is 13.5. The Morgan fingerprint density at radius 2 is 1.41 bits per heavy atom. The number of hydrogen-bond acceptors (Lipinski definition) is 3. The van der Waals surface area contributed by atoms with Gasteiger partial charge in [0.2, 0.25) is 5.91 Å². The zero-order valence-electron chi connectivity index (χ0n) is 18.3. The smallest absolute Gasteiger partial charge is 0.264 e. The third-order valence-electron chi connectivity index (χ3n) is 5.03. The third-order valence-corrected chi connectivity index (χ3v) is 6.81. The molecule has 0 unspecified atom stereocenters. The Kier molecular flexibility index (Phi) is 7.11. The standard InChI is InChI=1S/C23H32N2O3S/c1-7-24(8-2)22(26)17-25(20-13-9-18(3)10-14-20)29(27,28)21-15-11-19(12-16-21)23(4,5)6/h9-16H,7-8,17H2,1-6H3. The Bertz CT molecular complexity index is 924. The Hall–Kier alpha value is -2.34. The highest BCUT2D eigenvalue weighted by Crippen LogP contribution is 2.27. The summed E-state index contributed by atoms with van der Waals surface area (Å²) in [5.41, 5.74) is 2.49. The van der Waals surface area contributed by atoms with Crippen LogP contribution in [0.25, 0.3) is 0 Å². The molecule has 6 heteroatoms. The molecule has 2 rings (SSSR count). The number of rotatable bonds is 7. The lowest BCUT2D eigenvalue weighted by Crippen LogP contribution is -2.43.